The van der Waals surface area contributed by atoms with Gasteiger partial charge in [-0.25, -0.2) is 4.99 Å². The van der Waals surface area contributed by atoms with Crippen molar-refractivity contribution >= 4 is 5.96 Å². The van der Waals surface area contributed by atoms with Gasteiger partial charge in [-0.2, -0.15) is 0 Å². The second-order valence-electron chi connectivity index (χ2n) is 6.66. The summed E-state index contributed by atoms with van der Waals surface area (Å²) in [5, 5.41) is 3.13. The first kappa shape index (κ1) is 21.0. The fourth-order valence-electron chi connectivity index (χ4n) is 2.85. The molecule has 3 rings (SSSR count). The molecule has 0 aliphatic carbocycles. The highest BCUT2D eigenvalue weighted by Gasteiger charge is 2.04. The third-order valence-corrected chi connectivity index (χ3v) is 4.53. The van der Waals surface area contributed by atoms with E-state index in [9.17, 15) is 0 Å². The lowest BCUT2D eigenvalue weighted by molar-refractivity contribution is 0.306. The van der Waals surface area contributed by atoms with Crippen molar-refractivity contribution in [3.05, 3.63) is 89.5 Å². The van der Waals surface area contributed by atoms with Gasteiger partial charge in [-0.3, -0.25) is 0 Å². The van der Waals surface area contributed by atoms with Gasteiger partial charge in [0.15, 0.2) is 17.5 Å². The average molecular weight is 405 g/mol. The molecule has 0 saturated heterocycles. The van der Waals surface area contributed by atoms with Gasteiger partial charge in [0.1, 0.15) is 12.4 Å². The van der Waals surface area contributed by atoms with E-state index in [0.717, 1.165) is 22.4 Å². The molecule has 0 saturated carbocycles. The number of benzene rings is 3. The van der Waals surface area contributed by atoms with Crippen LogP contribution in [0.5, 0.6) is 17.2 Å². The van der Waals surface area contributed by atoms with Crippen molar-refractivity contribution in [1.29, 1.82) is 0 Å². The third-order valence-electron chi connectivity index (χ3n) is 4.53. The van der Waals surface area contributed by atoms with E-state index in [1.54, 1.807) is 14.2 Å². The van der Waals surface area contributed by atoms with E-state index in [0.29, 0.717) is 37.2 Å². The van der Waals surface area contributed by atoms with Crippen molar-refractivity contribution in [2.75, 3.05) is 14.2 Å². The molecular formula is C24H27N3O3. The number of nitrogens with one attached hydrogen (secondary N) is 1. The molecule has 0 fully saturated rings. The van der Waals surface area contributed by atoms with Gasteiger partial charge < -0.3 is 25.3 Å². The summed E-state index contributed by atoms with van der Waals surface area (Å²) in [5.74, 6) is 2.57. The summed E-state index contributed by atoms with van der Waals surface area (Å²) in [5.41, 5.74) is 9.21. The predicted octanol–water partition coefficient (Wildman–Crippen LogP) is 3.89. The third kappa shape index (κ3) is 6.17. The van der Waals surface area contributed by atoms with E-state index in [4.69, 9.17) is 19.9 Å². The zero-order valence-corrected chi connectivity index (χ0v) is 17.3. The molecule has 0 amide bonds. The Morgan fingerprint density at radius 1 is 0.833 bits per heavy atom. The van der Waals surface area contributed by atoms with E-state index in [1.807, 2.05) is 72.8 Å². The van der Waals surface area contributed by atoms with Gasteiger partial charge >= 0.3 is 0 Å². The summed E-state index contributed by atoms with van der Waals surface area (Å²) in [4.78, 5) is 4.38. The quantitative estimate of drug-likeness (QED) is 0.417. The van der Waals surface area contributed by atoms with Crippen LogP contribution in [0.2, 0.25) is 0 Å². The first-order valence-corrected chi connectivity index (χ1v) is 9.68. The largest absolute Gasteiger partial charge is 0.493 e. The number of nitrogens with two attached hydrogens (primary N) is 1. The summed E-state index contributed by atoms with van der Waals surface area (Å²) in [7, 11) is 3.22. The van der Waals surface area contributed by atoms with Crippen LogP contribution in [0.25, 0.3) is 0 Å². The lowest BCUT2D eigenvalue weighted by Gasteiger charge is -2.10. The molecule has 0 spiro atoms. The van der Waals surface area contributed by atoms with Gasteiger partial charge in [-0.05, 0) is 41.0 Å². The summed E-state index contributed by atoms with van der Waals surface area (Å²) < 4.78 is 16.4. The smallest absolute Gasteiger partial charge is 0.189 e. The first-order chi connectivity index (χ1) is 14.7. The van der Waals surface area contributed by atoms with Crippen molar-refractivity contribution in [2.45, 2.75) is 19.7 Å². The van der Waals surface area contributed by atoms with Crippen molar-refractivity contribution in [3.8, 4) is 17.2 Å². The lowest BCUT2D eigenvalue weighted by Crippen LogP contribution is -2.31. The van der Waals surface area contributed by atoms with Crippen LogP contribution in [0.1, 0.15) is 16.7 Å². The van der Waals surface area contributed by atoms with Gasteiger partial charge in [0.25, 0.3) is 0 Å². The molecule has 3 aromatic rings. The molecular weight excluding hydrogens is 378 g/mol. The summed E-state index contributed by atoms with van der Waals surface area (Å²) in [6, 6.07) is 23.7. The van der Waals surface area contributed by atoms with Crippen molar-refractivity contribution in [3.63, 3.8) is 0 Å². The molecule has 0 aromatic heterocycles. The Morgan fingerprint density at radius 3 is 2.23 bits per heavy atom. The maximum Gasteiger partial charge on any atom is 0.189 e. The topological polar surface area (TPSA) is 78.1 Å². The number of hydrogen-bond donors (Lipinski definition) is 2. The molecule has 6 heteroatoms. The molecule has 3 aromatic carbocycles. The number of ether oxygens (including phenoxy) is 3. The first-order valence-electron chi connectivity index (χ1n) is 9.68. The van der Waals surface area contributed by atoms with Crippen LogP contribution in [-0.2, 0) is 19.7 Å². The molecule has 6 nitrogen and oxygen atoms in total. The minimum atomic E-state index is 0.384. The molecule has 0 aliphatic rings. The molecule has 0 aliphatic heterocycles. The van der Waals surface area contributed by atoms with Gasteiger partial charge in [-0.15, -0.1) is 0 Å². The number of methoxy groups -OCH3 is 2. The number of aliphatic imine (C=N–C) groups is 1. The maximum absolute atomic E-state index is 6.00. The number of hydrogen-bond acceptors (Lipinski definition) is 4. The van der Waals surface area contributed by atoms with E-state index in [-0.39, 0.29) is 0 Å². The SMILES string of the molecule is COc1ccc(CN=C(N)NCc2ccc(OCc3ccccc3)cc2)cc1OC. The van der Waals surface area contributed by atoms with Crippen molar-refractivity contribution < 1.29 is 14.2 Å². The van der Waals surface area contributed by atoms with E-state index in [2.05, 4.69) is 10.3 Å². The van der Waals surface area contributed by atoms with Crippen molar-refractivity contribution in [2.24, 2.45) is 10.7 Å². The van der Waals surface area contributed by atoms with Gasteiger partial charge in [0, 0.05) is 6.54 Å². The number of nitrogens with zero attached hydrogens (tertiary/aromatic N) is 1. The van der Waals surface area contributed by atoms with Gasteiger partial charge in [0.05, 0.1) is 20.8 Å². The van der Waals surface area contributed by atoms with Crippen LogP contribution in [0.15, 0.2) is 77.8 Å². The Morgan fingerprint density at radius 2 is 1.53 bits per heavy atom. The standard InChI is InChI=1S/C24H27N3O3/c1-28-22-13-10-20(14-23(22)29-2)16-27-24(25)26-15-18-8-11-21(12-9-18)30-17-19-6-4-3-5-7-19/h3-14H,15-17H2,1-2H3,(H3,25,26,27). The highest BCUT2D eigenvalue weighted by atomic mass is 16.5. The molecule has 0 atom stereocenters. The van der Waals surface area contributed by atoms with Crippen LogP contribution in [0, 0.1) is 0 Å². The Labute approximate surface area is 177 Å². The molecule has 3 N–H and O–H groups in total. The van der Waals surface area contributed by atoms with Crippen LogP contribution in [0.3, 0.4) is 0 Å². The minimum absolute atomic E-state index is 0.384. The minimum Gasteiger partial charge on any atom is -0.493 e. The average Bonchev–Trinajstić information content (AvgIpc) is 2.81. The summed E-state index contributed by atoms with van der Waals surface area (Å²) in [6.07, 6.45) is 0. The van der Waals surface area contributed by atoms with Crippen LogP contribution >= 0.6 is 0 Å². The summed E-state index contributed by atoms with van der Waals surface area (Å²) >= 11 is 0. The fourth-order valence-corrected chi connectivity index (χ4v) is 2.85. The van der Waals surface area contributed by atoms with Crippen LogP contribution < -0.4 is 25.3 Å². The predicted molar refractivity (Wildman–Crippen MR) is 119 cm³/mol. The second kappa shape index (κ2) is 10.8. The van der Waals surface area contributed by atoms with Crippen LogP contribution in [0.4, 0.5) is 0 Å². The van der Waals surface area contributed by atoms with Gasteiger partial charge in [-0.1, -0.05) is 48.5 Å². The molecule has 0 unspecified atom stereocenters. The summed E-state index contributed by atoms with van der Waals surface area (Å²) in [6.45, 7) is 1.58. The van der Waals surface area contributed by atoms with Gasteiger partial charge in [0.2, 0.25) is 0 Å². The molecule has 156 valence electrons. The molecule has 0 radical (unpaired) electrons. The Bertz CT molecular complexity index is 957. The van der Waals surface area contributed by atoms with Crippen molar-refractivity contribution in [1.82, 2.24) is 5.32 Å². The second-order valence-corrected chi connectivity index (χ2v) is 6.66. The number of rotatable bonds is 9. The monoisotopic (exact) mass is 405 g/mol. The Hall–Kier alpha value is -3.67. The lowest BCUT2D eigenvalue weighted by atomic mass is 10.2. The highest BCUT2D eigenvalue weighted by Crippen LogP contribution is 2.27. The van der Waals surface area contributed by atoms with Crippen LogP contribution in [-0.4, -0.2) is 20.2 Å². The normalized spacial score (nSPS) is 11.1. The zero-order valence-electron chi connectivity index (χ0n) is 17.3. The molecule has 30 heavy (non-hydrogen) atoms. The van der Waals surface area contributed by atoms with E-state index in [1.165, 1.54) is 0 Å². The zero-order chi connectivity index (χ0) is 21.2. The Kier molecular flexibility index (Phi) is 7.55. The Balaban J connectivity index is 1.47. The highest BCUT2D eigenvalue weighted by molar-refractivity contribution is 5.77. The fraction of sp³-hybridized carbons (Fsp3) is 0.208. The molecule has 0 heterocycles. The van der Waals surface area contributed by atoms with E-state index < -0.39 is 0 Å². The van der Waals surface area contributed by atoms with E-state index >= 15 is 0 Å². The molecule has 0 bridgehead atoms. The maximum atomic E-state index is 6.00. The number of guanidine groups is 1.